The van der Waals surface area contributed by atoms with Crippen molar-refractivity contribution in [2.24, 2.45) is 0 Å². The number of hydrogen-bond acceptors (Lipinski definition) is 6. The van der Waals surface area contributed by atoms with E-state index in [1.807, 2.05) is 67.0 Å². The number of rotatable bonds is 9. The summed E-state index contributed by atoms with van der Waals surface area (Å²) in [5.74, 6) is -0.0198. The van der Waals surface area contributed by atoms with Crippen LogP contribution in [0, 0.1) is 5.41 Å². The minimum absolute atomic E-state index is 0.142. The van der Waals surface area contributed by atoms with Crippen molar-refractivity contribution < 1.29 is 4.79 Å². The van der Waals surface area contributed by atoms with Gasteiger partial charge in [-0.05, 0) is 48.8 Å². The lowest BCUT2D eigenvalue weighted by Crippen LogP contribution is -2.40. The van der Waals surface area contributed by atoms with E-state index in [2.05, 4.69) is 15.2 Å². The second-order valence-corrected chi connectivity index (χ2v) is 7.67. The number of anilines is 1. The quantitative estimate of drug-likeness (QED) is 0.400. The third kappa shape index (κ3) is 6.37. The van der Waals surface area contributed by atoms with Gasteiger partial charge in [-0.3, -0.25) is 25.0 Å². The molecule has 30 heavy (non-hydrogen) atoms. The Bertz CT molecular complexity index is 958. The maximum atomic E-state index is 13.0. The van der Waals surface area contributed by atoms with Gasteiger partial charge in [0.05, 0.1) is 10.6 Å². The smallest absolute Gasteiger partial charge is 0.269 e. The van der Waals surface area contributed by atoms with Crippen LogP contribution >= 0.6 is 11.3 Å². The summed E-state index contributed by atoms with van der Waals surface area (Å²) in [6.45, 7) is 1.71. The molecule has 0 spiro atoms. The lowest BCUT2D eigenvalue weighted by molar-refractivity contribution is 0.0841. The molecular formula is C23H25N5OS. The minimum atomic E-state index is -0.161. The van der Waals surface area contributed by atoms with Crippen LogP contribution in [-0.4, -0.2) is 46.7 Å². The molecule has 2 N–H and O–H groups in total. The Morgan fingerprint density at radius 2 is 1.90 bits per heavy atom. The molecule has 0 fully saturated rings. The molecule has 0 atom stereocenters. The average Bonchev–Trinajstić information content (AvgIpc) is 3.30. The van der Waals surface area contributed by atoms with Crippen LogP contribution in [0.5, 0.6) is 0 Å². The number of carbonyl (C=O) groups is 1. The molecule has 0 aliphatic carbocycles. The highest BCUT2D eigenvalue weighted by Crippen LogP contribution is 2.13. The van der Waals surface area contributed by atoms with Gasteiger partial charge in [-0.25, -0.2) is 0 Å². The predicted molar refractivity (Wildman–Crippen MR) is 123 cm³/mol. The Hall–Kier alpha value is -3.29. The molecule has 0 unspecified atom stereocenters. The zero-order valence-corrected chi connectivity index (χ0v) is 17.7. The van der Waals surface area contributed by atoms with Crippen LogP contribution in [0.4, 0.5) is 5.69 Å². The van der Waals surface area contributed by atoms with E-state index in [4.69, 9.17) is 5.41 Å². The molecule has 0 saturated heterocycles. The third-order valence-corrected chi connectivity index (χ3v) is 5.25. The fraction of sp³-hybridized carbons (Fsp3) is 0.174. The molecular weight excluding hydrogens is 394 g/mol. The molecule has 3 aromatic rings. The first-order valence-corrected chi connectivity index (χ1v) is 10.5. The van der Waals surface area contributed by atoms with Crippen molar-refractivity contribution >= 4 is 28.8 Å². The van der Waals surface area contributed by atoms with Crippen LogP contribution < -0.4 is 5.32 Å². The largest absolute Gasteiger partial charge is 0.362 e. The molecule has 0 bridgehead atoms. The van der Waals surface area contributed by atoms with Gasteiger partial charge in [0.25, 0.3) is 5.91 Å². The van der Waals surface area contributed by atoms with Gasteiger partial charge in [-0.15, -0.1) is 11.3 Å². The number of pyridine rings is 1. The first kappa shape index (κ1) is 21.4. The number of para-hydroxylation sites is 1. The van der Waals surface area contributed by atoms with E-state index >= 15 is 0 Å². The van der Waals surface area contributed by atoms with E-state index in [9.17, 15) is 4.79 Å². The highest BCUT2D eigenvalue weighted by molar-refractivity contribution is 7.12. The fourth-order valence-electron chi connectivity index (χ4n) is 2.82. The van der Waals surface area contributed by atoms with Gasteiger partial charge in [0.2, 0.25) is 0 Å². The Labute approximate surface area is 181 Å². The number of aromatic nitrogens is 1. The zero-order valence-electron chi connectivity index (χ0n) is 16.9. The van der Waals surface area contributed by atoms with Gasteiger partial charge >= 0.3 is 0 Å². The van der Waals surface area contributed by atoms with Crippen molar-refractivity contribution in [2.45, 2.75) is 6.54 Å². The zero-order chi connectivity index (χ0) is 21.2. The lowest BCUT2D eigenvalue weighted by Gasteiger charge is -2.24. The van der Waals surface area contributed by atoms with Gasteiger partial charge < -0.3 is 5.32 Å². The Kier molecular flexibility index (Phi) is 7.88. The standard InChI is InChI=1S/C23H25N5OS/c1-27(18-20-10-5-6-13-25-20)15-16-28(23(29)21-11-7-17-30-21)22(24)12-14-26-19-8-3-2-4-9-19/h2-14,17,24,26H,15-16,18H2,1H3/b14-12-,24-22?. The summed E-state index contributed by atoms with van der Waals surface area (Å²) >= 11 is 1.38. The van der Waals surface area contributed by atoms with E-state index < -0.39 is 0 Å². The van der Waals surface area contributed by atoms with Crippen LogP contribution in [-0.2, 0) is 6.54 Å². The van der Waals surface area contributed by atoms with Gasteiger partial charge in [0, 0.05) is 37.7 Å². The van der Waals surface area contributed by atoms with Gasteiger partial charge in [0.1, 0.15) is 5.84 Å². The summed E-state index contributed by atoms with van der Waals surface area (Å²) in [5, 5.41) is 13.5. The normalized spacial score (nSPS) is 11.0. The van der Waals surface area contributed by atoms with E-state index in [0.717, 1.165) is 11.4 Å². The molecule has 1 aromatic carbocycles. The predicted octanol–water partition coefficient (Wildman–Crippen LogP) is 4.32. The molecule has 3 rings (SSSR count). The Morgan fingerprint density at radius 3 is 2.60 bits per heavy atom. The van der Waals surface area contributed by atoms with Crippen LogP contribution in [0.1, 0.15) is 15.4 Å². The number of likely N-dealkylation sites (N-methyl/N-ethyl adjacent to an activating group) is 1. The van der Waals surface area contributed by atoms with Crippen molar-refractivity contribution in [3.63, 3.8) is 0 Å². The van der Waals surface area contributed by atoms with E-state index in [1.54, 1.807) is 24.5 Å². The molecule has 2 heterocycles. The third-order valence-electron chi connectivity index (χ3n) is 4.40. The summed E-state index contributed by atoms with van der Waals surface area (Å²) in [4.78, 5) is 21.5. The average molecular weight is 420 g/mol. The number of carbonyl (C=O) groups excluding carboxylic acids is 1. The minimum Gasteiger partial charge on any atom is -0.362 e. The highest BCUT2D eigenvalue weighted by atomic mass is 32.1. The fourth-order valence-corrected chi connectivity index (χ4v) is 3.50. The summed E-state index contributed by atoms with van der Waals surface area (Å²) in [6, 6.07) is 19.2. The van der Waals surface area contributed by atoms with Crippen LogP contribution in [0.2, 0.25) is 0 Å². The number of benzene rings is 1. The molecule has 0 aliphatic rings. The van der Waals surface area contributed by atoms with Crippen LogP contribution in [0.3, 0.4) is 0 Å². The number of nitrogens with zero attached hydrogens (tertiary/aromatic N) is 3. The Balaban J connectivity index is 1.63. The molecule has 2 aromatic heterocycles. The number of amidine groups is 1. The number of nitrogens with one attached hydrogen (secondary N) is 2. The van der Waals surface area contributed by atoms with Crippen molar-refractivity contribution in [2.75, 3.05) is 25.5 Å². The summed E-state index contributed by atoms with van der Waals surface area (Å²) in [5.41, 5.74) is 1.89. The summed E-state index contributed by atoms with van der Waals surface area (Å²) in [6.07, 6.45) is 5.07. The monoisotopic (exact) mass is 419 g/mol. The second-order valence-electron chi connectivity index (χ2n) is 6.72. The van der Waals surface area contributed by atoms with Crippen molar-refractivity contribution in [3.8, 4) is 0 Å². The molecule has 0 saturated carbocycles. The number of hydrogen-bond donors (Lipinski definition) is 2. The highest BCUT2D eigenvalue weighted by Gasteiger charge is 2.20. The Morgan fingerprint density at radius 1 is 1.10 bits per heavy atom. The lowest BCUT2D eigenvalue weighted by atomic mass is 10.3. The maximum absolute atomic E-state index is 13.0. The van der Waals surface area contributed by atoms with Gasteiger partial charge in [0.15, 0.2) is 0 Å². The number of amides is 1. The first-order chi connectivity index (χ1) is 14.6. The first-order valence-electron chi connectivity index (χ1n) is 9.64. The van der Waals surface area contributed by atoms with Gasteiger partial charge in [-0.1, -0.05) is 30.3 Å². The SMILES string of the molecule is CN(CCN(C(=N)/C=C\Nc1ccccc1)C(=O)c1cccs1)Cc1ccccn1. The summed E-state index contributed by atoms with van der Waals surface area (Å²) < 4.78 is 0. The summed E-state index contributed by atoms with van der Waals surface area (Å²) in [7, 11) is 1.99. The molecule has 7 heteroatoms. The van der Waals surface area contributed by atoms with Crippen molar-refractivity contribution in [1.29, 1.82) is 5.41 Å². The molecule has 0 radical (unpaired) electrons. The van der Waals surface area contributed by atoms with E-state index in [1.165, 1.54) is 16.2 Å². The molecule has 1 amide bonds. The molecule has 0 aliphatic heterocycles. The van der Waals surface area contributed by atoms with Crippen LogP contribution in [0.25, 0.3) is 0 Å². The van der Waals surface area contributed by atoms with Crippen molar-refractivity contribution in [1.82, 2.24) is 14.8 Å². The maximum Gasteiger partial charge on any atom is 0.269 e. The molecule has 6 nitrogen and oxygen atoms in total. The number of thiophene rings is 1. The van der Waals surface area contributed by atoms with Gasteiger partial charge in [-0.2, -0.15) is 0 Å². The van der Waals surface area contributed by atoms with E-state index in [-0.39, 0.29) is 11.7 Å². The topological polar surface area (TPSA) is 72.3 Å². The molecule has 154 valence electrons. The van der Waals surface area contributed by atoms with Crippen LogP contribution in [0.15, 0.2) is 84.5 Å². The van der Waals surface area contributed by atoms with Crippen molar-refractivity contribution in [3.05, 3.63) is 95.1 Å². The van der Waals surface area contributed by atoms with E-state index in [0.29, 0.717) is 24.5 Å². The second kappa shape index (κ2) is 11.0.